The summed E-state index contributed by atoms with van der Waals surface area (Å²) in [5.74, 6) is -0.723. The first kappa shape index (κ1) is 23.3. The van der Waals surface area contributed by atoms with E-state index in [2.05, 4.69) is 15.3 Å². The van der Waals surface area contributed by atoms with Crippen LogP contribution in [-0.4, -0.2) is 32.2 Å². The van der Waals surface area contributed by atoms with Crippen molar-refractivity contribution < 1.29 is 15.0 Å². The highest BCUT2D eigenvalue weighted by atomic mass is 35.5. The topological polar surface area (TPSA) is 95.3 Å². The van der Waals surface area contributed by atoms with Gasteiger partial charge in [-0.15, -0.1) is 11.3 Å². The number of carboxylic acids is 1. The molecule has 0 aliphatic rings. The van der Waals surface area contributed by atoms with Gasteiger partial charge in [-0.1, -0.05) is 60.5 Å². The molecule has 2 aromatic heterocycles. The summed E-state index contributed by atoms with van der Waals surface area (Å²) < 4.78 is 0. The molecule has 0 radical (unpaired) electrons. The Morgan fingerprint density at radius 2 is 1.94 bits per heavy atom. The number of aromatic nitrogens is 2. The van der Waals surface area contributed by atoms with Crippen LogP contribution in [0.3, 0.4) is 0 Å². The number of halogens is 2. The third-order valence-electron chi connectivity index (χ3n) is 5.48. The van der Waals surface area contributed by atoms with E-state index in [0.29, 0.717) is 16.8 Å². The number of carbonyl (C=O) groups is 1. The average Bonchev–Trinajstić information content (AvgIpc) is 3.19. The summed E-state index contributed by atoms with van der Waals surface area (Å²) in [6.07, 6.45) is 2.44. The molecule has 9 heteroatoms. The first-order chi connectivity index (χ1) is 15.8. The molecule has 0 unspecified atom stereocenters. The zero-order valence-corrected chi connectivity index (χ0v) is 20.2. The summed E-state index contributed by atoms with van der Waals surface area (Å²) in [5, 5.41) is 24.2. The fraction of sp³-hybridized carbons (Fsp3) is 0.208. The molecule has 0 aliphatic carbocycles. The molecule has 3 N–H and O–H groups in total. The maximum Gasteiger partial charge on any atom is 0.326 e. The van der Waals surface area contributed by atoms with Crippen molar-refractivity contribution in [2.75, 3.05) is 5.32 Å². The van der Waals surface area contributed by atoms with Crippen LogP contribution in [0.25, 0.3) is 21.3 Å². The van der Waals surface area contributed by atoms with Crippen molar-refractivity contribution in [1.82, 2.24) is 9.97 Å². The molecule has 170 valence electrons. The molecule has 0 amide bonds. The number of nitrogens with zero attached hydrogens (tertiary/aromatic N) is 2. The highest BCUT2D eigenvalue weighted by Crippen LogP contribution is 2.47. The highest BCUT2D eigenvalue weighted by Gasteiger charge is 2.25. The summed E-state index contributed by atoms with van der Waals surface area (Å²) >= 11 is 14.1. The quantitative estimate of drug-likeness (QED) is 0.273. The van der Waals surface area contributed by atoms with Crippen molar-refractivity contribution in [2.24, 2.45) is 0 Å². The number of hydrogen-bond donors (Lipinski definition) is 3. The molecule has 0 saturated carbocycles. The second-order valence-electron chi connectivity index (χ2n) is 7.57. The number of anilines is 1. The van der Waals surface area contributed by atoms with E-state index in [1.165, 1.54) is 17.7 Å². The van der Waals surface area contributed by atoms with Crippen LogP contribution in [0.5, 0.6) is 5.75 Å². The van der Waals surface area contributed by atoms with Crippen molar-refractivity contribution in [3.8, 4) is 16.9 Å². The lowest BCUT2D eigenvalue weighted by Crippen LogP contribution is -2.32. The van der Waals surface area contributed by atoms with Gasteiger partial charge in [0.15, 0.2) is 5.75 Å². The predicted molar refractivity (Wildman–Crippen MR) is 134 cm³/mol. The van der Waals surface area contributed by atoms with Crippen LogP contribution in [0.1, 0.15) is 22.9 Å². The van der Waals surface area contributed by atoms with Gasteiger partial charge in [-0.05, 0) is 36.1 Å². The standard InChI is InChI=1S/C24H21Cl2N3O3S/c1-3-17-18(14-10-15(25)21(30)20(26)12(14)2)19-22(27-11-28-23(19)33-17)29-16(24(31)32)9-13-7-5-4-6-8-13/h4-8,10-11,16,30H,3,9H2,1-2H3,(H,31,32)(H,27,28,29)/t16-/m1/s1. The maximum absolute atomic E-state index is 12.1. The summed E-state index contributed by atoms with van der Waals surface area (Å²) in [4.78, 5) is 22.7. The Bertz CT molecular complexity index is 1340. The fourth-order valence-corrected chi connectivity index (χ4v) is 5.35. The second kappa shape index (κ2) is 9.55. The molecule has 0 bridgehead atoms. The number of rotatable bonds is 7. The maximum atomic E-state index is 12.1. The zero-order valence-electron chi connectivity index (χ0n) is 17.9. The van der Waals surface area contributed by atoms with Crippen LogP contribution in [0, 0.1) is 6.92 Å². The predicted octanol–water partition coefficient (Wildman–Crippen LogP) is 6.35. The number of aryl methyl sites for hydroxylation is 1. The highest BCUT2D eigenvalue weighted by molar-refractivity contribution is 7.19. The van der Waals surface area contributed by atoms with E-state index in [1.54, 1.807) is 6.07 Å². The van der Waals surface area contributed by atoms with Gasteiger partial charge in [0.1, 0.15) is 23.0 Å². The normalized spacial score (nSPS) is 12.1. The summed E-state index contributed by atoms with van der Waals surface area (Å²) in [5.41, 5.74) is 3.15. The Morgan fingerprint density at radius 1 is 1.21 bits per heavy atom. The van der Waals surface area contributed by atoms with Crippen LogP contribution >= 0.6 is 34.5 Å². The van der Waals surface area contributed by atoms with Crippen molar-refractivity contribution in [2.45, 2.75) is 32.7 Å². The minimum atomic E-state index is -0.981. The first-order valence-electron chi connectivity index (χ1n) is 10.3. The van der Waals surface area contributed by atoms with E-state index in [-0.39, 0.29) is 22.2 Å². The third-order valence-corrected chi connectivity index (χ3v) is 7.47. The second-order valence-corrected chi connectivity index (χ2v) is 9.44. The molecular weight excluding hydrogens is 481 g/mol. The SMILES string of the molecule is CCc1sc2ncnc(N[C@H](Cc3ccccc3)C(=O)O)c2c1-c1cc(Cl)c(O)c(Cl)c1C. The number of fused-ring (bicyclic) bond motifs is 1. The fourth-order valence-electron chi connectivity index (χ4n) is 3.80. The number of hydrogen-bond acceptors (Lipinski definition) is 6. The largest absolute Gasteiger partial charge is 0.505 e. The van der Waals surface area contributed by atoms with Gasteiger partial charge in [-0.2, -0.15) is 0 Å². The number of thiophene rings is 1. The molecule has 4 aromatic rings. The zero-order chi connectivity index (χ0) is 23.7. The van der Waals surface area contributed by atoms with Gasteiger partial charge in [0.05, 0.1) is 15.4 Å². The molecule has 33 heavy (non-hydrogen) atoms. The Morgan fingerprint density at radius 3 is 2.61 bits per heavy atom. The molecule has 2 aromatic carbocycles. The molecular formula is C24H21Cl2N3O3S. The number of phenols is 1. The van der Waals surface area contributed by atoms with Gasteiger partial charge < -0.3 is 15.5 Å². The Kier molecular flexibility index (Phi) is 6.74. The van der Waals surface area contributed by atoms with Crippen LogP contribution in [0.15, 0.2) is 42.7 Å². The van der Waals surface area contributed by atoms with Gasteiger partial charge in [0, 0.05) is 16.9 Å². The molecule has 0 saturated heterocycles. The van der Waals surface area contributed by atoms with Crippen molar-refractivity contribution >= 4 is 56.5 Å². The number of carboxylic acid groups (broad SMARTS) is 1. The summed E-state index contributed by atoms with van der Waals surface area (Å²) in [6.45, 7) is 3.84. The molecule has 6 nitrogen and oxygen atoms in total. The molecule has 0 aliphatic heterocycles. The molecule has 2 heterocycles. The van der Waals surface area contributed by atoms with E-state index in [9.17, 15) is 15.0 Å². The van der Waals surface area contributed by atoms with E-state index < -0.39 is 12.0 Å². The monoisotopic (exact) mass is 501 g/mol. The number of phenolic OH excluding ortho intramolecular Hbond substituents is 1. The van der Waals surface area contributed by atoms with Crippen molar-refractivity contribution in [1.29, 1.82) is 0 Å². The average molecular weight is 502 g/mol. The van der Waals surface area contributed by atoms with Crippen LogP contribution in [-0.2, 0) is 17.6 Å². The van der Waals surface area contributed by atoms with Gasteiger partial charge >= 0.3 is 5.97 Å². The lowest BCUT2D eigenvalue weighted by atomic mass is 9.97. The van der Waals surface area contributed by atoms with E-state index in [4.69, 9.17) is 23.2 Å². The summed E-state index contributed by atoms with van der Waals surface area (Å²) in [7, 11) is 0. The Labute approximate surface area is 204 Å². The van der Waals surface area contributed by atoms with Crippen LogP contribution in [0.2, 0.25) is 10.0 Å². The molecule has 1 atom stereocenters. The van der Waals surface area contributed by atoms with Gasteiger partial charge in [0.2, 0.25) is 0 Å². The van der Waals surface area contributed by atoms with Gasteiger partial charge in [-0.3, -0.25) is 0 Å². The van der Waals surface area contributed by atoms with E-state index in [1.807, 2.05) is 44.2 Å². The number of nitrogens with one attached hydrogen (secondary N) is 1. The van der Waals surface area contributed by atoms with Gasteiger partial charge in [-0.25, -0.2) is 14.8 Å². The van der Waals surface area contributed by atoms with Crippen LogP contribution in [0.4, 0.5) is 5.82 Å². The van der Waals surface area contributed by atoms with Crippen LogP contribution < -0.4 is 5.32 Å². The van der Waals surface area contributed by atoms with Gasteiger partial charge in [0.25, 0.3) is 0 Å². The summed E-state index contributed by atoms with van der Waals surface area (Å²) in [6, 6.07) is 10.2. The third kappa shape index (κ3) is 4.49. The van der Waals surface area contributed by atoms with Crippen molar-refractivity contribution in [3.63, 3.8) is 0 Å². The smallest absolute Gasteiger partial charge is 0.326 e. The number of benzene rings is 2. The lowest BCUT2D eigenvalue weighted by Gasteiger charge is -2.17. The minimum Gasteiger partial charge on any atom is -0.505 e. The molecule has 0 fully saturated rings. The lowest BCUT2D eigenvalue weighted by molar-refractivity contribution is -0.137. The first-order valence-corrected chi connectivity index (χ1v) is 11.9. The minimum absolute atomic E-state index is 0.140. The Balaban J connectivity index is 1.88. The van der Waals surface area contributed by atoms with Crippen molar-refractivity contribution in [3.05, 3.63) is 68.8 Å². The molecule has 0 spiro atoms. The van der Waals surface area contributed by atoms with E-state index >= 15 is 0 Å². The number of aromatic hydroxyl groups is 1. The van der Waals surface area contributed by atoms with E-state index in [0.717, 1.165) is 32.8 Å². The Hall–Kier alpha value is -2.87. The molecule has 4 rings (SSSR count). The number of aliphatic carboxylic acids is 1.